The zero-order valence-corrected chi connectivity index (χ0v) is 8.09. The molecule has 0 amide bonds. The summed E-state index contributed by atoms with van der Waals surface area (Å²) < 4.78 is 57.4. The quantitative estimate of drug-likeness (QED) is 0.673. The average Bonchev–Trinajstić information content (AvgIpc) is 2.40. The lowest BCUT2D eigenvalue weighted by atomic mass is 10.0. The van der Waals surface area contributed by atoms with E-state index in [1.54, 1.807) is 6.07 Å². The first-order valence-electron chi connectivity index (χ1n) is 4.54. The zero-order chi connectivity index (χ0) is 12.0. The van der Waals surface area contributed by atoms with Crippen molar-refractivity contribution in [3.63, 3.8) is 0 Å². The summed E-state index contributed by atoms with van der Waals surface area (Å²) in [6.07, 6.45) is -1.98. The second kappa shape index (κ2) is 3.23. The molecule has 2 rings (SSSR count). The molecule has 0 radical (unpaired) electrons. The Morgan fingerprint density at radius 1 is 1.06 bits per heavy atom. The third-order valence-corrected chi connectivity index (χ3v) is 2.46. The van der Waals surface area contributed by atoms with Gasteiger partial charge in [-0.1, -0.05) is 36.9 Å². The molecule has 1 aliphatic heterocycles. The van der Waals surface area contributed by atoms with Crippen LogP contribution in [0.4, 0.5) is 17.6 Å². The third kappa shape index (κ3) is 1.31. The van der Waals surface area contributed by atoms with Gasteiger partial charge in [0.2, 0.25) is 0 Å². The van der Waals surface area contributed by atoms with Crippen LogP contribution in [-0.2, 0) is 4.74 Å². The molecule has 1 fully saturated rings. The molecular formula is C11H8F4O. The number of alkyl halides is 4. The molecule has 86 valence electrons. The van der Waals surface area contributed by atoms with Gasteiger partial charge in [-0.05, 0) is 5.56 Å². The first kappa shape index (κ1) is 11.0. The summed E-state index contributed by atoms with van der Waals surface area (Å²) in [7, 11) is 0. The van der Waals surface area contributed by atoms with Gasteiger partial charge in [-0.25, -0.2) is 0 Å². The van der Waals surface area contributed by atoms with Gasteiger partial charge < -0.3 is 4.74 Å². The van der Waals surface area contributed by atoms with Gasteiger partial charge in [0.1, 0.15) is 0 Å². The fraction of sp³-hybridized carbons (Fsp3) is 0.273. The van der Waals surface area contributed by atoms with Crippen LogP contribution in [0.3, 0.4) is 0 Å². The molecule has 16 heavy (non-hydrogen) atoms. The topological polar surface area (TPSA) is 9.23 Å². The van der Waals surface area contributed by atoms with Crippen LogP contribution in [-0.4, -0.2) is 11.8 Å². The number of hydrogen-bond acceptors (Lipinski definition) is 1. The summed E-state index contributed by atoms with van der Waals surface area (Å²) in [4.78, 5) is 0. The molecule has 0 spiro atoms. The molecule has 1 atom stereocenters. The van der Waals surface area contributed by atoms with Crippen LogP contribution in [0.25, 0.3) is 0 Å². The van der Waals surface area contributed by atoms with Crippen molar-refractivity contribution in [1.82, 2.24) is 0 Å². The highest BCUT2D eigenvalue weighted by molar-refractivity contribution is 5.27. The fourth-order valence-corrected chi connectivity index (χ4v) is 1.55. The summed E-state index contributed by atoms with van der Waals surface area (Å²) in [6.45, 7) is 2.83. The number of rotatable bonds is 1. The van der Waals surface area contributed by atoms with Gasteiger partial charge in [0.25, 0.3) is 0 Å². The number of hydrogen-bond donors (Lipinski definition) is 0. The van der Waals surface area contributed by atoms with E-state index < -0.39 is 23.7 Å². The molecule has 0 aliphatic carbocycles. The van der Waals surface area contributed by atoms with E-state index in [-0.39, 0.29) is 5.56 Å². The van der Waals surface area contributed by atoms with Crippen LogP contribution in [0.1, 0.15) is 11.7 Å². The van der Waals surface area contributed by atoms with Gasteiger partial charge in [-0.3, -0.25) is 0 Å². The van der Waals surface area contributed by atoms with Gasteiger partial charge in [0.05, 0.1) is 0 Å². The van der Waals surface area contributed by atoms with Gasteiger partial charge >= 0.3 is 11.8 Å². The Kier molecular flexibility index (Phi) is 2.22. The molecule has 0 saturated carbocycles. The van der Waals surface area contributed by atoms with Gasteiger partial charge in [-0.15, -0.1) is 0 Å². The largest absolute Gasteiger partial charge is 0.477 e. The second-order valence-electron chi connectivity index (χ2n) is 3.53. The van der Waals surface area contributed by atoms with Crippen molar-refractivity contribution in [2.24, 2.45) is 0 Å². The van der Waals surface area contributed by atoms with Gasteiger partial charge in [0, 0.05) is 0 Å². The highest BCUT2D eigenvalue weighted by Gasteiger charge is 2.70. The minimum atomic E-state index is -4.33. The standard InChI is InChI=1S/C11H8F4O/c1-7-10(12,13)11(14,15)9(16-7)8-5-3-2-4-6-8/h2-6,9H,1H2. The molecule has 1 saturated heterocycles. The Morgan fingerprint density at radius 2 is 1.62 bits per heavy atom. The smallest absolute Gasteiger partial charge is 0.369 e. The highest BCUT2D eigenvalue weighted by Crippen LogP contribution is 2.55. The molecule has 0 bridgehead atoms. The van der Waals surface area contributed by atoms with Crippen LogP contribution in [0, 0.1) is 0 Å². The van der Waals surface area contributed by atoms with E-state index in [9.17, 15) is 17.6 Å². The molecular weight excluding hydrogens is 224 g/mol. The lowest BCUT2D eigenvalue weighted by molar-refractivity contribution is -0.184. The summed E-state index contributed by atoms with van der Waals surface area (Å²) in [6, 6.07) is 7.19. The van der Waals surface area contributed by atoms with Crippen molar-refractivity contribution in [2.45, 2.75) is 17.9 Å². The summed E-state index contributed by atoms with van der Waals surface area (Å²) >= 11 is 0. The summed E-state index contributed by atoms with van der Waals surface area (Å²) in [5.41, 5.74) is 0.00539. The van der Waals surface area contributed by atoms with Crippen LogP contribution in [0.15, 0.2) is 42.7 Å². The molecule has 0 N–H and O–H groups in total. The first-order chi connectivity index (χ1) is 7.37. The van der Waals surface area contributed by atoms with Crippen molar-refractivity contribution in [3.8, 4) is 0 Å². The Labute approximate surface area is 89.3 Å². The molecule has 1 unspecified atom stereocenters. The fourth-order valence-electron chi connectivity index (χ4n) is 1.55. The van der Waals surface area contributed by atoms with E-state index in [0.29, 0.717) is 0 Å². The van der Waals surface area contributed by atoms with Crippen LogP contribution < -0.4 is 0 Å². The van der Waals surface area contributed by atoms with E-state index in [2.05, 4.69) is 11.3 Å². The van der Waals surface area contributed by atoms with Crippen molar-refractivity contribution in [2.75, 3.05) is 0 Å². The van der Waals surface area contributed by atoms with E-state index in [1.807, 2.05) is 0 Å². The van der Waals surface area contributed by atoms with Crippen LogP contribution >= 0.6 is 0 Å². The summed E-state index contributed by atoms with van der Waals surface area (Å²) in [5, 5.41) is 0. The number of benzene rings is 1. The van der Waals surface area contributed by atoms with Gasteiger partial charge in [-0.2, -0.15) is 17.6 Å². The van der Waals surface area contributed by atoms with E-state index in [0.717, 1.165) is 0 Å². The minimum Gasteiger partial charge on any atom is -0.477 e. The molecule has 1 aromatic carbocycles. The molecule has 1 aliphatic rings. The monoisotopic (exact) mass is 232 g/mol. The van der Waals surface area contributed by atoms with E-state index >= 15 is 0 Å². The Morgan fingerprint density at radius 3 is 2.06 bits per heavy atom. The first-order valence-corrected chi connectivity index (χ1v) is 4.54. The number of ether oxygens (including phenoxy) is 1. The van der Waals surface area contributed by atoms with Crippen molar-refractivity contribution in [1.29, 1.82) is 0 Å². The molecule has 1 aromatic rings. The van der Waals surface area contributed by atoms with Crippen molar-refractivity contribution in [3.05, 3.63) is 48.2 Å². The number of halogens is 4. The van der Waals surface area contributed by atoms with Crippen LogP contribution in [0.2, 0.25) is 0 Å². The normalized spacial score (nSPS) is 26.5. The molecule has 1 heterocycles. The SMILES string of the molecule is C=C1OC(c2ccccc2)C(F)(F)C1(F)F. The van der Waals surface area contributed by atoms with E-state index in [1.165, 1.54) is 24.3 Å². The lowest BCUT2D eigenvalue weighted by Gasteiger charge is -2.20. The van der Waals surface area contributed by atoms with Crippen molar-refractivity contribution < 1.29 is 22.3 Å². The second-order valence-corrected chi connectivity index (χ2v) is 3.53. The maximum atomic E-state index is 13.4. The summed E-state index contributed by atoms with van der Waals surface area (Å²) in [5.74, 6) is -9.79. The van der Waals surface area contributed by atoms with Crippen LogP contribution in [0.5, 0.6) is 0 Å². The predicted octanol–water partition coefficient (Wildman–Crippen LogP) is 3.54. The Hall–Kier alpha value is -1.52. The third-order valence-electron chi connectivity index (χ3n) is 2.46. The Balaban J connectivity index is 2.43. The van der Waals surface area contributed by atoms with Crippen molar-refractivity contribution >= 4 is 0 Å². The van der Waals surface area contributed by atoms with E-state index in [4.69, 9.17) is 0 Å². The maximum Gasteiger partial charge on any atom is 0.369 e. The molecule has 5 heteroatoms. The minimum absolute atomic E-state index is 0.00539. The average molecular weight is 232 g/mol. The highest BCUT2D eigenvalue weighted by atomic mass is 19.3. The number of allylic oxidation sites excluding steroid dienone is 1. The lowest BCUT2D eigenvalue weighted by Crippen LogP contribution is -2.39. The Bertz CT molecular complexity index is 413. The van der Waals surface area contributed by atoms with Gasteiger partial charge in [0.15, 0.2) is 11.9 Å². The zero-order valence-electron chi connectivity index (χ0n) is 8.09. The maximum absolute atomic E-state index is 13.4. The molecule has 1 nitrogen and oxygen atoms in total. The predicted molar refractivity (Wildman–Crippen MR) is 49.3 cm³/mol. The molecule has 0 aromatic heterocycles.